The summed E-state index contributed by atoms with van der Waals surface area (Å²) < 4.78 is 6.95. The molecule has 2 amide bonds. The number of rotatable bonds is 8. The summed E-state index contributed by atoms with van der Waals surface area (Å²) >= 11 is 7.22. The Bertz CT molecular complexity index is 1340. The first-order chi connectivity index (χ1) is 16.4. The van der Waals surface area contributed by atoms with Crippen LogP contribution in [0.1, 0.15) is 21.5 Å². The molecule has 8 nitrogen and oxygen atoms in total. The van der Waals surface area contributed by atoms with Crippen molar-refractivity contribution >= 4 is 46.5 Å². The molecule has 0 unspecified atom stereocenters. The van der Waals surface area contributed by atoms with Gasteiger partial charge in [-0.2, -0.15) is 0 Å². The summed E-state index contributed by atoms with van der Waals surface area (Å²) in [6, 6.07) is 16.4. The maximum absolute atomic E-state index is 12.7. The number of amides is 2. The van der Waals surface area contributed by atoms with E-state index in [1.165, 1.54) is 24.4 Å². The SMILES string of the molecule is COc1ccc(Cl)cc1NC(=O)CSc1nnc2ccc(C(=O)NCc3ccc(C)cc3)cn12. The Morgan fingerprint density at radius 2 is 1.88 bits per heavy atom. The molecule has 0 saturated heterocycles. The van der Waals surface area contributed by atoms with Gasteiger partial charge in [0.1, 0.15) is 5.75 Å². The van der Waals surface area contributed by atoms with Crippen molar-refractivity contribution in [3.8, 4) is 5.75 Å². The first kappa shape index (κ1) is 23.6. The second-order valence-corrected chi connectivity index (χ2v) is 8.86. The Morgan fingerprint density at radius 3 is 2.65 bits per heavy atom. The molecule has 4 aromatic rings. The molecule has 0 bridgehead atoms. The fourth-order valence-electron chi connectivity index (χ4n) is 3.19. The molecular weight excluding hydrogens is 474 g/mol. The van der Waals surface area contributed by atoms with Crippen LogP contribution in [0, 0.1) is 6.92 Å². The van der Waals surface area contributed by atoms with Gasteiger partial charge in [-0.25, -0.2) is 0 Å². The highest BCUT2D eigenvalue weighted by molar-refractivity contribution is 7.99. The minimum absolute atomic E-state index is 0.0836. The number of carbonyl (C=O) groups is 2. The number of methoxy groups -OCH3 is 1. The van der Waals surface area contributed by atoms with E-state index in [0.717, 1.165) is 5.56 Å². The number of aryl methyl sites for hydroxylation is 1. The van der Waals surface area contributed by atoms with E-state index in [-0.39, 0.29) is 17.6 Å². The lowest BCUT2D eigenvalue weighted by molar-refractivity contribution is -0.113. The molecule has 0 fully saturated rings. The molecule has 0 aliphatic carbocycles. The highest BCUT2D eigenvalue weighted by Crippen LogP contribution is 2.28. The molecule has 174 valence electrons. The van der Waals surface area contributed by atoms with Crippen molar-refractivity contribution in [1.82, 2.24) is 19.9 Å². The lowest BCUT2D eigenvalue weighted by Crippen LogP contribution is -2.23. The molecule has 0 atom stereocenters. The van der Waals surface area contributed by atoms with E-state index >= 15 is 0 Å². The quantitative estimate of drug-likeness (QED) is 0.352. The van der Waals surface area contributed by atoms with Gasteiger partial charge < -0.3 is 15.4 Å². The number of benzene rings is 2. The van der Waals surface area contributed by atoms with E-state index in [1.807, 2.05) is 31.2 Å². The number of thioether (sulfide) groups is 1. The lowest BCUT2D eigenvalue weighted by atomic mass is 10.1. The van der Waals surface area contributed by atoms with Gasteiger partial charge in [0.2, 0.25) is 5.91 Å². The van der Waals surface area contributed by atoms with Crippen LogP contribution in [0.4, 0.5) is 5.69 Å². The van der Waals surface area contributed by atoms with Crippen molar-refractivity contribution in [1.29, 1.82) is 0 Å². The van der Waals surface area contributed by atoms with Crippen molar-refractivity contribution in [3.63, 3.8) is 0 Å². The molecule has 4 rings (SSSR count). The molecule has 2 aromatic carbocycles. The largest absolute Gasteiger partial charge is 0.495 e. The fraction of sp³-hybridized carbons (Fsp3) is 0.167. The van der Waals surface area contributed by atoms with Crippen LogP contribution in [0.2, 0.25) is 5.02 Å². The molecular formula is C24H22ClN5O3S. The van der Waals surface area contributed by atoms with Crippen molar-refractivity contribution in [3.05, 3.63) is 82.5 Å². The van der Waals surface area contributed by atoms with E-state index in [2.05, 4.69) is 20.8 Å². The first-order valence-corrected chi connectivity index (χ1v) is 11.7. The molecule has 2 heterocycles. The molecule has 0 radical (unpaired) electrons. The average molecular weight is 496 g/mol. The summed E-state index contributed by atoms with van der Waals surface area (Å²) in [6.45, 7) is 2.44. The predicted molar refractivity (Wildman–Crippen MR) is 133 cm³/mol. The third-order valence-electron chi connectivity index (χ3n) is 4.97. The van der Waals surface area contributed by atoms with E-state index < -0.39 is 0 Å². The van der Waals surface area contributed by atoms with Gasteiger partial charge in [0, 0.05) is 17.8 Å². The number of fused-ring (bicyclic) bond motifs is 1. The number of hydrogen-bond donors (Lipinski definition) is 2. The zero-order valence-corrected chi connectivity index (χ0v) is 20.1. The third kappa shape index (κ3) is 5.67. The summed E-state index contributed by atoms with van der Waals surface area (Å²) in [7, 11) is 1.52. The van der Waals surface area contributed by atoms with Gasteiger partial charge in [-0.1, -0.05) is 53.2 Å². The summed E-state index contributed by atoms with van der Waals surface area (Å²) in [5, 5.41) is 14.9. The Balaban J connectivity index is 1.41. The Labute approximate surface area is 205 Å². The van der Waals surface area contributed by atoms with Crippen molar-refractivity contribution in [2.75, 3.05) is 18.2 Å². The van der Waals surface area contributed by atoms with Gasteiger partial charge in [-0.3, -0.25) is 14.0 Å². The highest BCUT2D eigenvalue weighted by Gasteiger charge is 2.14. The number of anilines is 1. The van der Waals surface area contributed by atoms with Gasteiger partial charge in [0.15, 0.2) is 10.8 Å². The first-order valence-electron chi connectivity index (χ1n) is 10.4. The number of aromatic nitrogens is 3. The van der Waals surface area contributed by atoms with E-state index in [4.69, 9.17) is 16.3 Å². The fourth-order valence-corrected chi connectivity index (χ4v) is 4.08. The number of carbonyl (C=O) groups excluding carboxylic acids is 2. The van der Waals surface area contributed by atoms with Crippen LogP contribution in [0.3, 0.4) is 0 Å². The molecule has 0 spiro atoms. The maximum Gasteiger partial charge on any atom is 0.253 e. The van der Waals surface area contributed by atoms with Gasteiger partial charge in [0.25, 0.3) is 5.91 Å². The van der Waals surface area contributed by atoms with Gasteiger partial charge in [0.05, 0.1) is 24.1 Å². The van der Waals surface area contributed by atoms with Crippen LogP contribution in [-0.2, 0) is 11.3 Å². The molecule has 2 N–H and O–H groups in total. The van der Waals surface area contributed by atoms with Crippen LogP contribution < -0.4 is 15.4 Å². The van der Waals surface area contributed by atoms with Crippen LogP contribution in [0.5, 0.6) is 5.75 Å². The van der Waals surface area contributed by atoms with Crippen LogP contribution in [-0.4, -0.2) is 39.3 Å². The average Bonchev–Trinajstić information content (AvgIpc) is 3.24. The Morgan fingerprint density at radius 1 is 1.09 bits per heavy atom. The molecule has 34 heavy (non-hydrogen) atoms. The Hall–Kier alpha value is -3.56. The standard InChI is InChI=1S/C24H22ClN5O3S/c1-15-3-5-16(6-4-15)12-26-23(32)17-7-10-21-28-29-24(30(21)13-17)34-14-22(31)27-19-11-18(25)8-9-20(19)33-2/h3-11,13H,12,14H2,1-2H3,(H,26,32)(H,27,31). The van der Waals surface area contributed by atoms with E-state index in [1.54, 1.807) is 40.9 Å². The van der Waals surface area contributed by atoms with Crippen molar-refractivity contribution in [2.24, 2.45) is 0 Å². The lowest BCUT2D eigenvalue weighted by Gasteiger charge is -2.10. The second-order valence-electron chi connectivity index (χ2n) is 7.48. The predicted octanol–water partition coefficient (Wildman–Crippen LogP) is 4.36. The third-order valence-corrected chi connectivity index (χ3v) is 6.15. The van der Waals surface area contributed by atoms with E-state index in [0.29, 0.717) is 39.4 Å². The van der Waals surface area contributed by atoms with E-state index in [9.17, 15) is 9.59 Å². The van der Waals surface area contributed by atoms with Crippen molar-refractivity contribution in [2.45, 2.75) is 18.6 Å². The molecule has 0 saturated carbocycles. The zero-order chi connectivity index (χ0) is 24.1. The summed E-state index contributed by atoms with van der Waals surface area (Å²) in [4.78, 5) is 25.1. The van der Waals surface area contributed by atoms with Crippen molar-refractivity contribution < 1.29 is 14.3 Å². The van der Waals surface area contributed by atoms with Gasteiger partial charge in [-0.05, 0) is 42.8 Å². The number of ether oxygens (including phenoxy) is 1. The second kappa shape index (κ2) is 10.6. The Kier molecular flexibility index (Phi) is 7.34. The normalized spacial score (nSPS) is 10.8. The van der Waals surface area contributed by atoms with Crippen LogP contribution in [0.25, 0.3) is 5.65 Å². The topological polar surface area (TPSA) is 97.6 Å². The number of hydrogen-bond acceptors (Lipinski definition) is 6. The summed E-state index contributed by atoms with van der Waals surface area (Å²) in [5.74, 6) is 0.129. The number of nitrogens with zero attached hydrogens (tertiary/aromatic N) is 3. The van der Waals surface area contributed by atoms with Crippen LogP contribution in [0.15, 0.2) is 66.0 Å². The smallest absolute Gasteiger partial charge is 0.253 e. The van der Waals surface area contributed by atoms with Crippen LogP contribution >= 0.6 is 23.4 Å². The monoisotopic (exact) mass is 495 g/mol. The minimum Gasteiger partial charge on any atom is -0.495 e. The molecule has 10 heteroatoms. The number of halogens is 1. The molecule has 0 aliphatic rings. The molecule has 0 aliphatic heterocycles. The summed E-state index contributed by atoms with van der Waals surface area (Å²) in [5.41, 5.74) is 3.71. The molecule has 2 aromatic heterocycles. The number of pyridine rings is 1. The van der Waals surface area contributed by atoms with Gasteiger partial charge in [-0.15, -0.1) is 10.2 Å². The highest BCUT2D eigenvalue weighted by atomic mass is 35.5. The minimum atomic E-state index is -0.255. The van der Waals surface area contributed by atoms with Gasteiger partial charge >= 0.3 is 0 Å². The maximum atomic E-state index is 12.7. The number of nitrogens with one attached hydrogen (secondary N) is 2. The zero-order valence-electron chi connectivity index (χ0n) is 18.5. The summed E-state index contributed by atoms with van der Waals surface area (Å²) in [6.07, 6.45) is 1.67.